The Morgan fingerprint density at radius 1 is 1.59 bits per heavy atom. The lowest BCUT2D eigenvalue weighted by atomic mass is 10.1. The molecule has 0 spiro atoms. The van der Waals surface area contributed by atoms with E-state index in [1.807, 2.05) is 0 Å². The fraction of sp³-hybridized carbons (Fsp3) is 0.455. The van der Waals surface area contributed by atoms with E-state index in [1.165, 1.54) is 6.26 Å². The minimum atomic E-state index is -0.811. The monoisotopic (exact) mass is 301 g/mol. The van der Waals surface area contributed by atoms with Gasteiger partial charge in [-0.1, -0.05) is 0 Å². The molecule has 0 bridgehead atoms. The molecule has 2 heterocycles. The van der Waals surface area contributed by atoms with Gasteiger partial charge in [0.15, 0.2) is 4.67 Å². The highest BCUT2D eigenvalue weighted by molar-refractivity contribution is 9.10. The van der Waals surface area contributed by atoms with Crippen molar-refractivity contribution in [1.29, 1.82) is 0 Å². The lowest BCUT2D eigenvalue weighted by Crippen LogP contribution is -2.28. The SMILES string of the molecule is O=C(O)CC1CCN(C(=O)c2ccoc2Br)C1. The van der Waals surface area contributed by atoms with Gasteiger partial charge >= 0.3 is 5.97 Å². The van der Waals surface area contributed by atoms with Crippen molar-refractivity contribution < 1.29 is 19.1 Å². The standard InChI is InChI=1S/C11H12BrNO4/c12-10-8(2-4-17-10)11(16)13-3-1-7(6-13)5-9(14)15/h2,4,7H,1,3,5-6H2,(H,14,15). The van der Waals surface area contributed by atoms with Crippen molar-refractivity contribution >= 4 is 27.8 Å². The Morgan fingerprint density at radius 2 is 2.35 bits per heavy atom. The normalized spacial score (nSPS) is 19.6. The number of nitrogens with zero attached hydrogens (tertiary/aromatic N) is 1. The molecule has 1 fully saturated rings. The molecule has 2 rings (SSSR count). The van der Waals surface area contributed by atoms with E-state index in [0.29, 0.717) is 23.3 Å². The summed E-state index contributed by atoms with van der Waals surface area (Å²) in [6, 6.07) is 1.61. The summed E-state index contributed by atoms with van der Waals surface area (Å²) in [5, 5.41) is 8.70. The zero-order valence-corrected chi connectivity index (χ0v) is 10.6. The lowest BCUT2D eigenvalue weighted by Gasteiger charge is -2.15. The second kappa shape index (κ2) is 4.91. The first-order valence-electron chi connectivity index (χ1n) is 5.32. The number of hydrogen-bond acceptors (Lipinski definition) is 3. The first-order valence-corrected chi connectivity index (χ1v) is 6.11. The lowest BCUT2D eigenvalue weighted by molar-refractivity contribution is -0.138. The second-order valence-corrected chi connectivity index (χ2v) is 4.83. The van der Waals surface area contributed by atoms with Crippen LogP contribution in [0.2, 0.25) is 0 Å². The van der Waals surface area contributed by atoms with Crippen LogP contribution in [0.1, 0.15) is 23.2 Å². The first-order chi connectivity index (χ1) is 8.08. The Kier molecular flexibility index (Phi) is 3.51. The van der Waals surface area contributed by atoms with Crippen LogP contribution in [0.5, 0.6) is 0 Å². The van der Waals surface area contributed by atoms with Gasteiger partial charge in [0, 0.05) is 19.5 Å². The number of likely N-dealkylation sites (tertiary alicyclic amines) is 1. The maximum absolute atomic E-state index is 12.0. The van der Waals surface area contributed by atoms with E-state index in [0.717, 1.165) is 6.42 Å². The Hall–Kier alpha value is -1.30. The minimum absolute atomic E-state index is 0.0575. The molecule has 92 valence electrons. The van der Waals surface area contributed by atoms with Gasteiger partial charge in [0.25, 0.3) is 5.91 Å². The predicted molar refractivity (Wildman–Crippen MR) is 62.7 cm³/mol. The van der Waals surface area contributed by atoms with Gasteiger partial charge in [-0.15, -0.1) is 0 Å². The number of carbonyl (C=O) groups is 2. The molecule has 0 saturated carbocycles. The van der Waals surface area contributed by atoms with E-state index >= 15 is 0 Å². The predicted octanol–water partition coefficient (Wildman–Crippen LogP) is 1.98. The van der Waals surface area contributed by atoms with E-state index in [4.69, 9.17) is 9.52 Å². The van der Waals surface area contributed by atoms with E-state index in [9.17, 15) is 9.59 Å². The quantitative estimate of drug-likeness (QED) is 0.927. The summed E-state index contributed by atoms with van der Waals surface area (Å²) >= 11 is 3.16. The molecule has 1 atom stereocenters. The molecule has 1 aromatic heterocycles. The number of halogens is 1. The summed E-state index contributed by atoms with van der Waals surface area (Å²) < 4.78 is 5.43. The highest BCUT2D eigenvalue weighted by Gasteiger charge is 2.29. The van der Waals surface area contributed by atoms with Gasteiger partial charge in [-0.05, 0) is 34.3 Å². The summed E-state index contributed by atoms with van der Waals surface area (Å²) in [7, 11) is 0. The van der Waals surface area contributed by atoms with Gasteiger partial charge < -0.3 is 14.4 Å². The third-order valence-corrected chi connectivity index (χ3v) is 3.50. The van der Waals surface area contributed by atoms with Gasteiger partial charge in [0.05, 0.1) is 11.8 Å². The van der Waals surface area contributed by atoms with Gasteiger partial charge in [0.2, 0.25) is 0 Å². The zero-order valence-electron chi connectivity index (χ0n) is 9.06. The maximum atomic E-state index is 12.0. The summed E-state index contributed by atoms with van der Waals surface area (Å²) in [5.74, 6) is -0.866. The molecule has 1 unspecified atom stereocenters. The molecule has 1 aliphatic heterocycles. The molecule has 1 amide bonds. The smallest absolute Gasteiger partial charge is 0.303 e. The van der Waals surface area contributed by atoms with E-state index in [2.05, 4.69) is 15.9 Å². The molecule has 1 aromatic rings. The maximum Gasteiger partial charge on any atom is 0.303 e. The highest BCUT2D eigenvalue weighted by atomic mass is 79.9. The molecule has 1 saturated heterocycles. The Balaban J connectivity index is 1.99. The fourth-order valence-corrected chi connectivity index (χ4v) is 2.46. The van der Waals surface area contributed by atoms with E-state index in [-0.39, 0.29) is 18.2 Å². The van der Waals surface area contributed by atoms with Crippen LogP contribution in [0.25, 0.3) is 0 Å². The topological polar surface area (TPSA) is 70.8 Å². The van der Waals surface area contributed by atoms with Gasteiger partial charge in [-0.3, -0.25) is 9.59 Å². The van der Waals surface area contributed by atoms with Crippen LogP contribution in [0, 0.1) is 5.92 Å². The molecule has 5 nitrogen and oxygen atoms in total. The van der Waals surface area contributed by atoms with Gasteiger partial charge in [-0.25, -0.2) is 0 Å². The van der Waals surface area contributed by atoms with Crippen LogP contribution in [0.4, 0.5) is 0 Å². The van der Waals surface area contributed by atoms with Crippen molar-refractivity contribution in [2.45, 2.75) is 12.8 Å². The van der Waals surface area contributed by atoms with Crippen molar-refractivity contribution in [3.63, 3.8) is 0 Å². The van der Waals surface area contributed by atoms with Crippen LogP contribution in [0.3, 0.4) is 0 Å². The third-order valence-electron chi connectivity index (χ3n) is 2.88. The van der Waals surface area contributed by atoms with Gasteiger partial charge in [0.1, 0.15) is 0 Å². The third kappa shape index (κ3) is 2.69. The van der Waals surface area contributed by atoms with Crippen LogP contribution in [-0.4, -0.2) is 35.0 Å². The zero-order chi connectivity index (χ0) is 12.4. The highest BCUT2D eigenvalue weighted by Crippen LogP contribution is 2.25. The first kappa shape index (κ1) is 12.2. The average Bonchev–Trinajstić information content (AvgIpc) is 2.85. The van der Waals surface area contributed by atoms with Crippen molar-refractivity contribution in [3.8, 4) is 0 Å². The average molecular weight is 302 g/mol. The number of carbonyl (C=O) groups excluding carboxylic acids is 1. The number of carboxylic acids is 1. The molecule has 1 aliphatic rings. The molecule has 0 aliphatic carbocycles. The van der Waals surface area contributed by atoms with Crippen molar-refractivity contribution in [3.05, 3.63) is 22.6 Å². The number of carboxylic acid groups (broad SMARTS) is 1. The Morgan fingerprint density at radius 3 is 2.94 bits per heavy atom. The van der Waals surface area contributed by atoms with Crippen molar-refractivity contribution in [2.75, 3.05) is 13.1 Å². The fourth-order valence-electron chi connectivity index (χ4n) is 2.05. The molecule has 0 radical (unpaired) electrons. The minimum Gasteiger partial charge on any atom is -0.481 e. The number of furan rings is 1. The number of hydrogen-bond donors (Lipinski definition) is 1. The number of rotatable bonds is 3. The number of amides is 1. The molecule has 17 heavy (non-hydrogen) atoms. The molecular weight excluding hydrogens is 290 g/mol. The van der Waals surface area contributed by atoms with E-state index < -0.39 is 5.97 Å². The molecule has 0 aromatic carbocycles. The van der Waals surface area contributed by atoms with Crippen LogP contribution < -0.4 is 0 Å². The number of aliphatic carboxylic acids is 1. The largest absolute Gasteiger partial charge is 0.481 e. The van der Waals surface area contributed by atoms with Crippen molar-refractivity contribution in [1.82, 2.24) is 4.90 Å². The van der Waals surface area contributed by atoms with Crippen LogP contribution in [0.15, 0.2) is 21.4 Å². The summed E-state index contributed by atoms with van der Waals surface area (Å²) in [5.41, 5.74) is 0.487. The van der Waals surface area contributed by atoms with Crippen LogP contribution >= 0.6 is 15.9 Å². The summed E-state index contributed by atoms with van der Waals surface area (Å²) in [6.07, 6.45) is 2.31. The summed E-state index contributed by atoms with van der Waals surface area (Å²) in [4.78, 5) is 24.3. The molecule has 1 N–H and O–H groups in total. The molecular formula is C11H12BrNO4. The summed E-state index contributed by atoms with van der Waals surface area (Å²) in [6.45, 7) is 1.11. The Labute approximate surface area is 107 Å². The second-order valence-electron chi connectivity index (χ2n) is 4.11. The van der Waals surface area contributed by atoms with Gasteiger partial charge in [-0.2, -0.15) is 0 Å². The Bertz CT molecular complexity index is 442. The van der Waals surface area contributed by atoms with E-state index in [1.54, 1.807) is 11.0 Å². The van der Waals surface area contributed by atoms with Crippen molar-refractivity contribution in [2.24, 2.45) is 5.92 Å². The van der Waals surface area contributed by atoms with Crippen LogP contribution in [-0.2, 0) is 4.79 Å². The molecule has 6 heteroatoms.